The van der Waals surface area contributed by atoms with Gasteiger partial charge >= 0.3 is 12.0 Å². The maximum atomic E-state index is 14.0. The van der Waals surface area contributed by atoms with E-state index in [2.05, 4.69) is 5.32 Å². The van der Waals surface area contributed by atoms with E-state index in [4.69, 9.17) is 9.47 Å². The molecule has 3 rings (SSSR count). The average molecular weight is 416 g/mol. The van der Waals surface area contributed by atoms with Gasteiger partial charge in [-0.05, 0) is 31.5 Å². The molecule has 0 fully saturated rings. The van der Waals surface area contributed by atoms with Crippen molar-refractivity contribution in [1.29, 1.82) is 0 Å². The van der Waals surface area contributed by atoms with E-state index in [-0.39, 0.29) is 30.2 Å². The Labute approximate surface area is 173 Å². The van der Waals surface area contributed by atoms with Crippen molar-refractivity contribution in [1.82, 2.24) is 10.2 Å². The summed E-state index contributed by atoms with van der Waals surface area (Å²) >= 11 is 0. The minimum Gasteiger partial charge on any atom is -0.484 e. The number of halogens is 2. The lowest BCUT2D eigenvalue weighted by Crippen LogP contribution is -2.48. The van der Waals surface area contributed by atoms with E-state index in [1.807, 2.05) is 25.1 Å². The predicted molar refractivity (Wildman–Crippen MR) is 106 cm³/mol. The normalized spacial score (nSPS) is 16.4. The number of urea groups is 1. The summed E-state index contributed by atoms with van der Waals surface area (Å²) in [4.78, 5) is 26.6. The summed E-state index contributed by atoms with van der Waals surface area (Å²) in [6.07, 6.45) is 0. The number of carbonyl (C=O) groups excluding carboxylic acids is 2. The molecule has 2 aromatic carbocycles. The molecule has 8 heteroatoms. The van der Waals surface area contributed by atoms with Gasteiger partial charge in [-0.1, -0.05) is 29.8 Å². The van der Waals surface area contributed by atoms with Crippen molar-refractivity contribution in [2.45, 2.75) is 19.9 Å². The van der Waals surface area contributed by atoms with Gasteiger partial charge in [0.15, 0.2) is 11.6 Å². The first-order valence-corrected chi connectivity index (χ1v) is 9.40. The van der Waals surface area contributed by atoms with E-state index < -0.39 is 29.7 Å². The summed E-state index contributed by atoms with van der Waals surface area (Å²) in [7, 11) is 1.47. The van der Waals surface area contributed by atoms with Crippen LogP contribution in [0.15, 0.2) is 53.7 Å². The number of likely N-dealkylation sites (N-methyl/N-ethyl adjacent to an activating group) is 1. The molecule has 6 nitrogen and oxygen atoms in total. The third-order valence-corrected chi connectivity index (χ3v) is 4.71. The van der Waals surface area contributed by atoms with Crippen molar-refractivity contribution in [3.05, 3.63) is 76.5 Å². The van der Waals surface area contributed by atoms with Crippen LogP contribution in [0.2, 0.25) is 0 Å². The van der Waals surface area contributed by atoms with Crippen LogP contribution < -0.4 is 10.1 Å². The fourth-order valence-electron chi connectivity index (χ4n) is 3.22. The number of ether oxygens (including phenoxy) is 2. The molecule has 0 bridgehead atoms. The van der Waals surface area contributed by atoms with Crippen LogP contribution in [0.3, 0.4) is 0 Å². The Kier molecular flexibility index (Phi) is 6.34. The molecule has 30 heavy (non-hydrogen) atoms. The zero-order chi connectivity index (χ0) is 21.8. The Morgan fingerprint density at radius 3 is 2.63 bits per heavy atom. The Morgan fingerprint density at radius 2 is 1.97 bits per heavy atom. The number of nitrogens with zero attached hydrogens (tertiary/aromatic N) is 1. The summed E-state index contributed by atoms with van der Waals surface area (Å²) < 4.78 is 37.8. The lowest BCUT2D eigenvalue weighted by Gasteiger charge is -2.34. The molecular formula is C22H22F2N2O4. The van der Waals surface area contributed by atoms with Gasteiger partial charge in [-0.2, -0.15) is 0 Å². The topological polar surface area (TPSA) is 67.9 Å². The van der Waals surface area contributed by atoms with Crippen LogP contribution in [-0.4, -0.2) is 37.2 Å². The van der Waals surface area contributed by atoms with Crippen molar-refractivity contribution in [2.75, 3.05) is 20.3 Å². The standard InChI is InChI=1S/C22H22F2N2O4/c1-4-29-21(27)19-17(12-30-18-9-8-15(23)11-16(18)24)26(3)22(28)25-20(19)14-7-5-6-13(2)10-14/h5-11,20H,4,12H2,1-3H3,(H,25,28)/t20-/m1/s1. The van der Waals surface area contributed by atoms with Gasteiger partial charge in [-0.25, -0.2) is 18.4 Å². The molecule has 2 amide bonds. The lowest BCUT2D eigenvalue weighted by molar-refractivity contribution is -0.139. The number of benzene rings is 2. The largest absolute Gasteiger partial charge is 0.484 e. The predicted octanol–water partition coefficient (Wildman–Crippen LogP) is 3.87. The van der Waals surface area contributed by atoms with E-state index in [9.17, 15) is 18.4 Å². The number of carbonyl (C=O) groups is 2. The molecule has 1 aliphatic heterocycles. The van der Waals surface area contributed by atoms with Crippen LogP contribution in [0.25, 0.3) is 0 Å². The molecule has 0 aliphatic carbocycles. The van der Waals surface area contributed by atoms with Crippen molar-refractivity contribution in [2.24, 2.45) is 0 Å². The molecule has 0 saturated heterocycles. The van der Waals surface area contributed by atoms with Gasteiger partial charge in [-0.15, -0.1) is 0 Å². The summed E-state index contributed by atoms with van der Waals surface area (Å²) in [5.74, 6) is -2.43. The number of esters is 1. The molecule has 0 aromatic heterocycles. The quantitative estimate of drug-likeness (QED) is 0.726. The lowest BCUT2D eigenvalue weighted by atomic mass is 9.94. The zero-order valence-corrected chi connectivity index (χ0v) is 16.9. The highest BCUT2D eigenvalue weighted by Crippen LogP contribution is 2.32. The smallest absolute Gasteiger partial charge is 0.338 e. The molecule has 0 radical (unpaired) electrons. The van der Waals surface area contributed by atoms with Gasteiger partial charge in [0, 0.05) is 13.1 Å². The number of nitrogens with one attached hydrogen (secondary N) is 1. The monoisotopic (exact) mass is 416 g/mol. The highest BCUT2D eigenvalue weighted by atomic mass is 19.1. The Hall–Kier alpha value is -3.42. The van der Waals surface area contributed by atoms with Gasteiger partial charge in [0.05, 0.1) is 23.9 Å². The molecule has 0 saturated carbocycles. The second-order valence-electron chi connectivity index (χ2n) is 6.80. The van der Waals surface area contributed by atoms with Crippen molar-refractivity contribution >= 4 is 12.0 Å². The number of hydrogen-bond donors (Lipinski definition) is 1. The Morgan fingerprint density at radius 1 is 1.20 bits per heavy atom. The molecule has 158 valence electrons. The SMILES string of the molecule is CCOC(=O)C1=C(COc2ccc(F)cc2F)N(C)C(=O)N[C@@H]1c1cccc(C)c1. The van der Waals surface area contributed by atoms with Crippen LogP contribution in [0, 0.1) is 18.6 Å². The third-order valence-electron chi connectivity index (χ3n) is 4.71. The number of rotatable bonds is 6. The summed E-state index contributed by atoms with van der Waals surface area (Å²) in [5, 5.41) is 2.80. The van der Waals surface area contributed by atoms with Gasteiger partial charge < -0.3 is 14.8 Å². The van der Waals surface area contributed by atoms with Gasteiger partial charge in [0.1, 0.15) is 12.4 Å². The van der Waals surface area contributed by atoms with Crippen molar-refractivity contribution in [3.63, 3.8) is 0 Å². The van der Waals surface area contributed by atoms with Crippen LogP contribution in [0.4, 0.5) is 13.6 Å². The van der Waals surface area contributed by atoms with E-state index in [0.717, 1.165) is 17.7 Å². The second-order valence-corrected chi connectivity index (χ2v) is 6.80. The first-order valence-electron chi connectivity index (χ1n) is 9.40. The maximum Gasteiger partial charge on any atom is 0.338 e. The van der Waals surface area contributed by atoms with E-state index in [1.54, 1.807) is 13.0 Å². The second kappa shape index (κ2) is 8.94. The van der Waals surface area contributed by atoms with Crippen LogP contribution in [0.5, 0.6) is 5.75 Å². The minimum atomic E-state index is -0.883. The number of aryl methyl sites for hydroxylation is 1. The molecule has 1 N–H and O–H groups in total. The van der Waals surface area contributed by atoms with Crippen LogP contribution >= 0.6 is 0 Å². The van der Waals surface area contributed by atoms with Crippen molar-refractivity contribution in [3.8, 4) is 5.75 Å². The highest BCUT2D eigenvalue weighted by molar-refractivity contribution is 5.95. The molecule has 1 atom stereocenters. The van der Waals surface area contributed by atoms with E-state index in [1.165, 1.54) is 11.9 Å². The first-order chi connectivity index (χ1) is 14.3. The molecule has 1 heterocycles. The Bertz CT molecular complexity index is 1010. The van der Waals surface area contributed by atoms with E-state index in [0.29, 0.717) is 11.6 Å². The third kappa shape index (κ3) is 4.42. The fraction of sp³-hybridized carbons (Fsp3) is 0.273. The van der Waals surface area contributed by atoms with Crippen LogP contribution in [-0.2, 0) is 9.53 Å². The highest BCUT2D eigenvalue weighted by Gasteiger charge is 2.37. The summed E-state index contributed by atoms with van der Waals surface area (Å²) in [6.45, 7) is 3.43. The molecule has 0 unspecified atom stereocenters. The molecule has 1 aliphatic rings. The summed E-state index contributed by atoms with van der Waals surface area (Å²) in [6, 6.07) is 9.06. The average Bonchev–Trinajstić information content (AvgIpc) is 2.70. The fourth-order valence-corrected chi connectivity index (χ4v) is 3.22. The first kappa shape index (κ1) is 21.3. The number of amides is 2. The van der Waals surface area contributed by atoms with Gasteiger partial charge in [-0.3, -0.25) is 4.90 Å². The minimum absolute atomic E-state index is 0.140. The van der Waals surface area contributed by atoms with Crippen LogP contribution in [0.1, 0.15) is 24.1 Å². The maximum absolute atomic E-state index is 14.0. The molecule has 0 spiro atoms. The number of hydrogen-bond acceptors (Lipinski definition) is 4. The van der Waals surface area contributed by atoms with E-state index >= 15 is 0 Å². The summed E-state index contributed by atoms with van der Waals surface area (Å²) in [5.41, 5.74) is 2.07. The molecule has 2 aromatic rings. The van der Waals surface area contributed by atoms with Gasteiger partial charge in [0.2, 0.25) is 0 Å². The molecular weight excluding hydrogens is 394 g/mol. The zero-order valence-electron chi connectivity index (χ0n) is 16.9. The van der Waals surface area contributed by atoms with Gasteiger partial charge in [0.25, 0.3) is 0 Å². The van der Waals surface area contributed by atoms with Crippen molar-refractivity contribution < 1.29 is 27.8 Å². The Balaban J connectivity index is 2.04.